The van der Waals surface area contributed by atoms with Gasteiger partial charge in [-0.3, -0.25) is 0 Å². The van der Waals surface area contributed by atoms with Gasteiger partial charge in [0.05, 0.1) is 0 Å². The average Bonchev–Trinajstić information content (AvgIpc) is 2.80. The van der Waals surface area contributed by atoms with Crippen LogP contribution in [0.4, 0.5) is 0 Å². The third-order valence-electron chi connectivity index (χ3n) is 4.65. The lowest BCUT2D eigenvalue weighted by Crippen LogP contribution is -2.62. The highest BCUT2D eigenvalue weighted by molar-refractivity contribution is 5.28. The van der Waals surface area contributed by atoms with E-state index in [2.05, 4.69) is 31.2 Å². The zero-order chi connectivity index (χ0) is 11.9. The van der Waals surface area contributed by atoms with Crippen LogP contribution in [-0.4, -0.2) is 12.1 Å². The van der Waals surface area contributed by atoms with Gasteiger partial charge in [0.1, 0.15) is 11.9 Å². The van der Waals surface area contributed by atoms with E-state index in [0.717, 1.165) is 12.2 Å². The van der Waals surface area contributed by atoms with Gasteiger partial charge in [0.2, 0.25) is 0 Å². The Balaban J connectivity index is 1.74. The lowest BCUT2D eigenvalue weighted by Gasteiger charge is -2.52. The smallest absolute Gasteiger partial charge is 0.120 e. The maximum absolute atomic E-state index is 6.21. The molecule has 0 heterocycles. The second kappa shape index (κ2) is 4.02. The number of benzene rings is 1. The van der Waals surface area contributed by atoms with Crippen LogP contribution in [0.15, 0.2) is 24.3 Å². The summed E-state index contributed by atoms with van der Waals surface area (Å²) in [6.07, 6.45) is 6.52. The minimum atomic E-state index is 0.295. The molecule has 0 bridgehead atoms. The molecule has 2 aliphatic carbocycles. The standard InChI is InChI=1S/C15H21NO/c1-11-5-4-6-12(9-11)17-14-10-13(16)15(14)7-2-3-8-15/h4-6,9,13-14H,2-3,7-8,10,16H2,1H3. The summed E-state index contributed by atoms with van der Waals surface area (Å²) >= 11 is 0. The second-order valence-corrected chi connectivity index (χ2v) is 5.71. The van der Waals surface area contributed by atoms with Gasteiger partial charge in [0.15, 0.2) is 0 Å². The normalized spacial score (nSPS) is 30.2. The van der Waals surface area contributed by atoms with E-state index < -0.39 is 0 Å². The van der Waals surface area contributed by atoms with Gasteiger partial charge in [0.25, 0.3) is 0 Å². The quantitative estimate of drug-likeness (QED) is 0.849. The van der Waals surface area contributed by atoms with Gasteiger partial charge < -0.3 is 10.5 Å². The van der Waals surface area contributed by atoms with Crippen molar-refractivity contribution >= 4 is 0 Å². The van der Waals surface area contributed by atoms with Crippen molar-refractivity contribution in [2.75, 3.05) is 0 Å². The first kappa shape index (κ1) is 11.1. The fraction of sp³-hybridized carbons (Fsp3) is 0.600. The van der Waals surface area contributed by atoms with E-state index in [1.807, 2.05) is 0 Å². The maximum Gasteiger partial charge on any atom is 0.120 e. The lowest BCUT2D eigenvalue weighted by atomic mass is 9.61. The number of hydrogen-bond acceptors (Lipinski definition) is 2. The Labute approximate surface area is 103 Å². The van der Waals surface area contributed by atoms with Crippen molar-refractivity contribution < 1.29 is 4.74 Å². The Morgan fingerprint density at radius 1 is 1.29 bits per heavy atom. The number of ether oxygens (including phenoxy) is 1. The molecule has 2 heteroatoms. The molecule has 1 aromatic rings. The van der Waals surface area contributed by atoms with Gasteiger partial charge in [0, 0.05) is 17.9 Å². The summed E-state index contributed by atoms with van der Waals surface area (Å²) < 4.78 is 6.16. The van der Waals surface area contributed by atoms with Gasteiger partial charge in [-0.15, -0.1) is 0 Å². The van der Waals surface area contributed by atoms with E-state index in [1.54, 1.807) is 0 Å². The monoisotopic (exact) mass is 231 g/mol. The van der Waals surface area contributed by atoms with Crippen LogP contribution in [0, 0.1) is 12.3 Å². The fourth-order valence-electron chi connectivity index (χ4n) is 3.52. The summed E-state index contributed by atoms with van der Waals surface area (Å²) in [5, 5.41) is 0. The van der Waals surface area contributed by atoms with Crippen LogP contribution < -0.4 is 10.5 Å². The largest absolute Gasteiger partial charge is 0.490 e. The molecule has 2 aliphatic rings. The highest BCUT2D eigenvalue weighted by Crippen LogP contribution is 2.53. The van der Waals surface area contributed by atoms with E-state index in [-0.39, 0.29) is 0 Å². The first-order chi connectivity index (χ1) is 8.21. The second-order valence-electron chi connectivity index (χ2n) is 5.71. The Bertz CT molecular complexity index is 409. The van der Waals surface area contributed by atoms with Gasteiger partial charge in [-0.25, -0.2) is 0 Å². The minimum Gasteiger partial charge on any atom is -0.490 e. The molecule has 2 saturated carbocycles. The Hall–Kier alpha value is -1.02. The maximum atomic E-state index is 6.21. The van der Waals surface area contributed by atoms with Crippen LogP contribution in [0.3, 0.4) is 0 Å². The predicted octanol–water partition coefficient (Wildman–Crippen LogP) is 3.03. The number of rotatable bonds is 2. The zero-order valence-electron chi connectivity index (χ0n) is 10.5. The van der Waals surface area contributed by atoms with Crippen molar-refractivity contribution in [3.63, 3.8) is 0 Å². The van der Waals surface area contributed by atoms with Crippen molar-refractivity contribution in [1.29, 1.82) is 0 Å². The lowest BCUT2D eigenvalue weighted by molar-refractivity contribution is -0.0620. The molecule has 2 nitrogen and oxygen atoms in total. The molecule has 2 unspecified atom stereocenters. The summed E-state index contributed by atoms with van der Waals surface area (Å²) in [5.41, 5.74) is 7.76. The summed E-state index contributed by atoms with van der Waals surface area (Å²) in [6, 6.07) is 8.70. The zero-order valence-corrected chi connectivity index (χ0v) is 10.5. The van der Waals surface area contributed by atoms with Crippen molar-refractivity contribution in [2.24, 2.45) is 11.1 Å². The number of aryl methyl sites for hydroxylation is 1. The molecule has 2 N–H and O–H groups in total. The molecule has 0 amide bonds. The SMILES string of the molecule is Cc1cccc(OC2CC(N)C23CCCC3)c1. The molecule has 92 valence electrons. The minimum absolute atomic E-state index is 0.295. The van der Waals surface area contributed by atoms with E-state index in [9.17, 15) is 0 Å². The van der Waals surface area contributed by atoms with Gasteiger partial charge in [-0.1, -0.05) is 25.0 Å². The van der Waals surface area contributed by atoms with Crippen molar-refractivity contribution in [2.45, 2.75) is 51.2 Å². The Morgan fingerprint density at radius 3 is 2.71 bits per heavy atom. The summed E-state index contributed by atoms with van der Waals surface area (Å²) in [5.74, 6) is 1.01. The molecule has 1 aromatic carbocycles. The Morgan fingerprint density at radius 2 is 2.06 bits per heavy atom. The van der Waals surface area contributed by atoms with E-state index in [4.69, 9.17) is 10.5 Å². The highest BCUT2D eigenvalue weighted by Gasteiger charge is 2.55. The molecule has 2 fully saturated rings. The van der Waals surface area contributed by atoms with Crippen molar-refractivity contribution in [3.8, 4) is 5.75 Å². The molecule has 0 aliphatic heterocycles. The van der Waals surface area contributed by atoms with Crippen LogP contribution in [0.1, 0.15) is 37.7 Å². The van der Waals surface area contributed by atoms with Gasteiger partial charge >= 0.3 is 0 Å². The van der Waals surface area contributed by atoms with Crippen LogP contribution in [0.2, 0.25) is 0 Å². The van der Waals surface area contributed by atoms with Crippen LogP contribution in [0.25, 0.3) is 0 Å². The van der Waals surface area contributed by atoms with E-state index in [1.165, 1.54) is 31.2 Å². The topological polar surface area (TPSA) is 35.2 Å². The first-order valence-electron chi connectivity index (χ1n) is 6.70. The molecule has 17 heavy (non-hydrogen) atoms. The first-order valence-corrected chi connectivity index (χ1v) is 6.70. The highest BCUT2D eigenvalue weighted by atomic mass is 16.5. The summed E-state index contributed by atoms with van der Waals surface area (Å²) in [4.78, 5) is 0. The molecule has 0 aromatic heterocycles. The summed E-state index contributed by atoms with van der Waals surface area (Å²) in [7, 11) is 0. The Kier molecular flexibility index (Phi) is 2.62. The number of hydrogen-bond donors (Lipinski definition) is 1. The predicted molar refractivity (Wildman–Crippen MR) is 69.1 cm³/mol. The molecule has 0 radical (unpaired) electrons. The molecule has 0 saturated heterocycles. The molecule has 1 spiro atoms. The van der Waals surface area contributed by atoms with Gasteiger partial charge in [-0.05, 0) is 37.5 Å². The summed E-state index contributed by atoms with van der Waals surface area (Å²) in [6.45, 7) is 2.10. The molecular weight excluding hydrogens is 210 g/mol. The number of nitrogens with two attached hydrogens (primary N) is 1. The fourth-order valence-corrected chi connectivity index (χ4v) is 3.52. The molecular formula is C15H21NO. The van der Waals surface area contributed by atoms with E-state index in [0.29, 0.717) is 17.6 Å². The van der Waals surface area contributed by atoms with Crippen LogP contribution in [-0.2, 0) is 0 Å². The van der Waals surface area contributed by atoms with Crippen LogP contribution >= 0.6 is 0 Å². The molecule has 2 atom stereocenters. The van der Waals surface area contributed by atoms with Gasteiger partial charge in [-0.2, -0.15) is 0 Å². The third-order valence-corrected chi connectivity index (χ3v) is 4.65. The van der Waals surface area contributed by atoms with Crippen molar-refractivity contribution in [1.82, 2.24) is 0 Å². The van der Waals surface area contributed by atoms with Crippen molar-refractivity contribution in [3.05, 3.63) is 29.8 Å². The molecule has 3 rings (SSSR count). The van der Waals surface area contributed by atoms with Crippen LogP contribution in [0.5, 0.6) is 5.75 Å². The van der Waals surface area contributed by atoms with E-state index >= 15 is 0 Å². The third kappa shape index (κ3) is 1.75. The average molecular weight is 231 g/mol.